The van der Waals surface area contributed by atoms with Gasteiger partial charge in [-0.05, 0) is 43.3 Å². The van der Waals surface area contributed by atoms with Crippen LogP contribution in [0.5, 0.6) is 11.5 Å². The smallest absolute Gasteiger partial charge is 0.211 e. The molecule has 0 fully saturated rings. The van der Waals surface area contributed by atoms with Crippen molar-refractivity contribution in [2.24, 2.45) is 0 Å². The molecule has 11 heteroatoms. The highest BCUT2D eigenvalue weighted by Gasteiger charge is 2.16. The predicted molar refractivity (Wildman–Crippen MR) is 146 cm³/mol. The number of aromatic amines is 1. The van der Waals surface area contributed by atoms with Crippen LogP contribution in [0.1, 0.15) is 22.5 Å². The minimum absolute atomic E-state index is 0.0395. The molecule has 0 aliphatic heterocycles. The summed E-state index contributed by atoms with van der Waals surface area (Å²) < 4.78 is 12.3. The van der Waals surface area contributed by atoms with Gasteiger partial charge in [-0.3, -0.25) is 4.79 Å². The number of fused-ring (bicyclic) bond motifs is 1. The number of rotatable bonds is 9. The number of methoxy groups -OCH3 is 1. The van der Waals surface area contributed by atoms with Gasteiger partial charge in [0.05, 0.1) is 65.8 Å². The fourth-order valence-corrected chi connectivity index (χ4v) is 3.84. The molecule has 11 nitrogen and oxygen atoms in total. The van der Waals surface area contributed by atoms with Crippen molar-refractivity contribution in [1.29, 1.82) is 5.26 Å². The van der Waals surface area contributed by atoms with E-state index in [1.54, 1.807) is 24.1 Å². The summed E-state index contributed by atoms with van der Waals surface area (Å²) in [7, 11) is 1.60. The SMILES string of the molecule is COCc1[nH]cnc1CO.Cc1c(NC=O)cn2ncc(C#N)c(Nc3ccc(Oc4ccccc4)cc3)c12. The number of aromatic nitrogens is 4. The molecular formula is C28H27N7O4. The second-order valence-corrected chi connectivity index (χ2v) is 8.25. The average Bonchev–Trinajstić information content (AvgIpc) is 3.55. The van der Waals surface area contributed by atoms with Crippen LogP contribution in [-0.2, 0) is 22.7 Å². The van der Waals surface area contributed by atoms with Gasteiger partial charge in [0.2, 0.25) is 6.41 Å². The summed E-state index contributed by atoms with van der Waals surface area (Å²) in [5, 5.41) is 28.4. The molecule has 3 heterocycles. The predicted octanol–water partition coefficient (Wildman–Crippen LogP) is 4.67. The van der Waals surface area contributed by atoms with Crippen molar-refractivity contribution in [3.05, 3.63) is 95.8 Å². The van der Waals surface area contributed by atoms with Crippen LogP contribution in [0.2, 0.25) is 0 Å². The third-order valence-corrected chi connectivity index (χ3v) is 5.74. The van der Waals surface area contributed by atoms with Crippen molar-refractivity contribution in [3.63, 3.8) is 0 Å². The van der Waals surface area contributed by atoms with Gasteiger partial charge in [-0.15, -0.1) is 0 Å². The number of carbonyl (C=O) groups excluding carboxylic acids is 1. The number of para-hydroxylation sites is 1. The van der Waals surface area contributed by atoms with Crippen LogP contribution in [0.15, 0.2) is 73.3 Å². The summed E-state index contributed by atoms with van der Waals surface area (Å²) in [6.07, 6.45) is 5.36. The fourth-order valence-electron chi connectivity index (χ4n) is 3.84. The van der Waals surface area contributed by atoms with E-state index >= 15 is 0 Å². The molecule has 3 aromatic heterocycles. The number of hydrogen-bond acceptors (Lipinski definition) is 8. The number of anilines is 3. The van der Waals surface area contributed by atoms with Crippen LogP contribution in [0.4, 0.5) is 17.1 Å². The first-order chi connectivity index (χ1) is 19.1. The Hall–Kier alpha value is -5.18. The molecule has 0 bridgehead atoms. The van der Waals surface area contributed by atoms with Gasteiger partial charge in [0.25, 0.3) is 0 Å². The van der Waals surface area contributed by atoms with E-state index in [-0.39, 0.29) is 6.61 Å². The highest BCUT2D eigenvalue weighted by Crippen LogP contribution is 2.32. The molecule has 0 aliphatic rings. The van der Waals surface area contributed by atoms with E-state index in [1.165, 1.54) is 6.20 Å². The first-order valence-electron chi connectivity index (χ1n) is 11.9. The van der Waals surface area contributed by atoms with Gasteiger partial charge in [0.1, 0.15) is 17.6 Å². The van der Waals surface area contributed by atoms with E-state index in [4.69, 9.17) is 14.6 Å². The third-order valence-electron chi connectivity index (χ3n) is 5.74. The molecule has 0 radical (unpaired) electrons. The number of aliphatic hydroxyl groups is 1. The highest BCUT2D eigenvalue weighted by atomic mass is 16.5. The van der Waals surface area contributed by atoms with E-state index in [1.807, 2.05) is 61.5 Å². The van der Waals surface area contributed by atoms with Gasteiger partial charge in [-0.1, -0.05) is 18.2 Å². The number of ether oxygens (including phenoxy) is 2. The van der Waals surface area contributed by atoms with Gasteiger partial charge in [0.15, 0.2) is 0 Å². The van der Waals surface area contributed by atoms with E-state index in [9.17, 15) is 10.1 Å². The summed E-state index contributed by atoms with van der Waals surface area (Å²) in [6.45, 7) is 2.30. The first kappa shape index (κ1) is 26.9. The Morgan fingerprint density at radius 2 is 1.90 bits per heavy atom. The lowest BCUT2D eigenvalue weighted by Crippen LogP contribution is -2.00. The topological polar surface area (TPSA) is 150 Å². The van der Waals surface area contributed by atoms with Crippen LogP contribution < -0.4 is 15.4 Å². The zero-order chi connectivity index (χ0) is 27.6. The Morgan fingerprint density at radius 1 is 1.15 bits per heavy atom. The number of H-pyrrole nitrogens is 1. The van der Waals surface area contributed by atoms with Crippen LogP contribution in [0, 0.1) is 18.3 Å². The zero-order valence-corrected chi connectivity index (χ0v) is 21.4. The maximum atomic E-state index is 10.8. The Balaban J connectivity index is 0.000000298. The molecule has 4 N–H and O–H groups in total. The molecule has 1 amide bonds. The quantitative estimate of drug-likeness (QED) is 0.203. The number of hydrogen-bond donors (Lipinski definition) is 4. The van der Waals surface area contributed by atoms with Crippen molar-refractivity contribution in [3.8, 4) is 17.6 Å². The molecular weight excluding hydrogens is 498 g/mol. The highest BCUT2D eigenvalue weighted by molar-refractivity contribution is 5.89. The number of nitriles is 1. The number of benzene rings is 2. The molecule has 0 aliphatic carbocycles. The van der Waals surface area contributed by atoms with Crippen molar-refractivity contribution in [2.45, 2.75) is 20.1 Å². The van der Waals surface area contributed by atoms with Crippen molar-refractivity contribution in [1.82, 2.24) is 19.6 Å². The number of nitrogens with one attached hydrogen (secondary N) is 3. The van der Waals surface area contributed by atoms with E-state index in [2.05, 4.69) is 31.8 Å². The first-order valence-corrected chi connectivity index (χ1v) is 11.9. The van der Waals surface area contributed by atoms with Crippen LogP contribution in [0.25, 0.3) is 5.52 Å². The van der Waals surface area contributed by atoms with Crippen LogP contribution in [0.3, 0.4) is 0 Å². The summed E-state index contributed by atoms with van der Waals surface area (Å²) in [4.78, 5) is 17.6. The molecule has 5 rings (SSSR count). The Labute approximate surface area is 224 Å². The maximum Gasteiger partial charge on any atom is 0.211 e. The third kappa shape index (κ3) is 6.40. The molecule has 39 heavy (non-hydrogen) atoms. The summed E-state index contributed by atoms with van der Waals surface area (Å²) >= 11 is 0. The molecule has 2 aromatic carbocycles. The van der Waals surface area contributed by atoms with Gasteiger partial charge in [-0.2, -0.15) is 10.4 Å². The van der Waals surface area contributed by atoms with Crippen LogP contribution in [-0.4, -0.2) is 38.2 Å². The van der Waals surface area contributed by atoms with Gasteiger partial charge >= 0.3 is 0 Å². The minimum Gasteiger partial charge on any atom is -0.457 e. The summed E-state index contributed by atoms with van der Waals surface area (Å²) in [5.41, 5.74) is 5.48. The molecule has 0 unspecified atom stereocenters. The maximum absolute atomic E-state index is 10.8. The van der Waals surface area contributed by atoms with Gasteiger partial charge in [-0.25, -0.2) is 9.50 Å². The number of aryl methyl sites for hydroxylation is 1. The monoisotopic (exact) mass is 525 g/mol. The lowest BCUT2D eigenvalue weighted by molar-refractivity contribution is -0.105. The van der Waals surface area contributed by atoms with E-state index < -0.39 is 0 Å². The number of carbonyl (C=O) groups is 1. The largest absolute Gasteiger partial charge is 0.457 e. The lowest BCUT2D eigenvalue weighted by atomic mass is 10.1. The molecule has 198 valence electrons. The molecule has 0 spiro atoms. The Kier molecular flexibility index (Phi) is 8.87. The standard InChI is InChI=1S/C22H17N5O2.C6H10N2O2/c1-15-20(24-14-28)13-27-22(15)21(16(11-23)12-25-27)26-17-7-9-19(10-8-17)29-18-5-3-2-4-6-18;1-10-3-6-5(2-9)7-4-8-6/h2-10,12-14,26H,1H3,(H,24,28);4,9H,2-3H2,1H3,(H,7,8). The fraction of sp³-hybridized carbons (Fsp3) is 0.143. The van der Waals surface area contributed by atoms with Crippen molar-refractivity contribution < 1.29 is 19.4 Å². The zero-order valence-electron chi connectivity index (χ0n) is 21.4. The number of amides is 1. The lowest BCUT2D eigenvalue weighted by Gasteiger charge is -2.12. The second kappa shape index (κ2) is 12.9. The van der Waals surface area contributed by atoms with Crippen LogP contribution >= 0.6 is 0 Å². The molecule has 0 saturated heterocycles. The van der Waals surface area contributed by atoms with Gasteiger partial charge < -0.3 is 30.2 Å². The Morgan fingerprint density at radius 3 is 2.56 bits per heavy atom. The summed E-state index contributed by atoms with van der Waals surface area (Å²) in [6, 6.07) is 19.2. The van der Waals surface area contributed by atoms with E-state index in [0.717, 1.165) is 28.2 Å². The van der Waals surface area contributed by atoms with Crippen molar-refractivity contribution >= 4 is 29.0 Å². The number of aliphatic hydroxyl groups excluding tert-OH is 1. The molecule has 0 saturated carbocycles. The summed E-state index contributed by atoms with van der Waals surface area (Å²) in [5.74, 6) is 1.47. The molecule has 5 aromatic rings. The number of nitrogens with zero attached hydrogens (tertiary/aromatic N) is 4. The van der Waals surface area contributed by atoms with Crippen molar-refractivity contribution in [2.75, 3.05) is 17.7 Å². The normalized spacial score (nSPS) is 10.3. The van der Waals surface area contributed by atoms with E-state index in [0.29, 0.717) is 41.4 Å². The minimum atomic E-state index is -0.0395. The average molecular weight is 526 g/mol. The Bertz CT molecular complexity index is 1570. The molecule has 0 atom stereocenters. The van der Waals surface area contributed by atoms with Gasteiger partial charge in [0, 0.05) is 18.4 Å². The second-order valence-electron chi connectivity index (χ2n) is 8.25. The number of imidazole rings is 1.